The van der Waals surface area contributed by atoms with Crippen LogP contribution in [0.25, 0.3) is 0 Å². The van der Waals surface area contributed by atoms with E-state index >= 15 is 0 Å². The Morgan fingerprint density at radius 1 is 0.905 bits per heavy atom. The third kappa shape index (κ3) is 6.33. The summed E-state index contributed by atoms with van der Waals surface area (Å²) in [6.07, 6.45) is 15.2. The van der Waals surface area contributed by atoms with Crippen LogP contribution in [0, 0.1) is 5.92 Å². The van der Waals surface area contributed by atoms with E-state index in [-0.39, 0.29) is 18.0 Å². The van der Waals surface area contributed by atoms with Crippen LogP contribution in [-0.2, 0) is 9.53 Å². The average Bonchev–Trinajstić information content (AvgIpc) is 2.74. The van der Waals surface area contributed by atoms with Crippen LogP contribution in [0.3, 0.4) is 0 Å². The molecule has 0 amide bonds. The molecule has 1 aliphatic heterocycles. The molecule has 1 rings (SSSR count). The van der Waals surface area contributed by atoms with Gasteiger partial charge in [0, 0.05) is 11.5 Å². The number of carbonyl (C=O) groups is 1. The van der Waals surface area contributed by atoms with E-state index in [9.17, 15) is 4.79 Å². The first-order valence-corrected chi connectivity index (χ1v) is 8.32. The van der Waals surface area contributed by atoms with Crippen LogP contribution in [0.4, 0.5) is 0 Å². The molecule has 21 heavy (non-hydrogen) atoms. The number of cyclic esters (lactones) is 1. The number of carbonyl (C=O) groups excluding carboxylic acids is 1. The highest BCUT2D eigenvalue weighted by molar-refractivity contribution is 5.90. The molecule has 2 heteroatoms. The Morgan fingerprint density at radius 2 is 1.52 bits per heavy atom. The number of allylic oxidation sites excluding steroid dienone is 2. The molecule has 0 aromatic heterocycles. The predicted molar refractivity (Wildman–Crippen MR) is 89.1 cm³/mol. The molecule has 0 radical (unpaired) electrons. The van der Waals surface area contributed by atoms with Gasteiger partial charge in [-0.3, -0.25) is 0 Å². The van der Waals surface area contributed by atoms with Crippen molar-refractivity contribution in [2.45, 2.75) is 70.3 Å². The highest BCUT2D eigenvalue weighted by atomic mass is 16.6. The van der Waals surface area contributed by atoms with Gasteiger partial charge < -0.3 is 4.74 Å². The molecule has 1 heterocycles. The van der Waals surface area contributed by atoms with E-state index in [1.807, 2.05) is 12.2 Å². The van der Waals surface area contributed by atoms with Gasteiger partial charge in [-0.25, -0.2) is 4.79 Å². The Balaban J connectivity index is 2.25. The first-order valence-electron chi connectivity index (χ1n) is 8.32. The molecule has 1 aliphatic rings. The minimum atomic E-state index is -0.186. The lowest BCUT2D eigenvalue weighted by atomic mass is 9.88. The van der Waals surface area contributed by atoms with Gasteiger partial charge in [-0.15, -0.1) is 13.2 Å². The second-order valence-electron chi connectivity index (χ2n) is 5.93. The third-order valence-corrected chi connectivity index (χ3v) is 4.24. The summed E-state index contributed by atoms with van der Waals surface area (Å²) < 4.78 is 5.46. The molecule has 2 atom stereocenters. The zero-order valence-corrected chi connectivity index (χ0v) is 13.3. The minimum absolute atomic E-state index is 0.0470. The van der Waals surface area contributed by atoms with Crippen LogP contribution in [0.1, 0.15) is 64.2 Å². The molecule has 0 bridgehead atoms. The van der Waals surface area contributed by atoms with E-state index in [1.165, 1.54) is 25.7 Å². The summed E-state index contributed by atoms with van der Waals surface area (Å²) in [6, 6.07) is 0. The summed E-state index contributed by atoms with van der Waals surface area (Å²) in [5, 5.41) is 0. The largest absolute Gasteiger partial charge is 0.458 e. The molecular formula is C19H30O2. The Bertz CT molecular complexity index is 357. The molecule has 0 N–H and O–H groups in total. The zero-order chi connectivity index (χ0) is 15.5. The second-order valence-corrected chi connectivity index (χ2v) is 5.93. The third-order valence-electron chi connectivity index (χ3n) is 4.24. The van der Waals surface area contributed by atoms with Gasteiger partial charge in [0.05, 0.1) is 0 Å². The number of hydrogen-bond donors (Lipinski definition) is 0. The quantitative estimate of drug-likeness (QED) is 0.209. The molecule has 1 saturated heterocycles. The molecule has 0 unspecified atom stereocenters. The van der Waals surface area contributed by atoms with Crippen LogP contribution < -0.4 is 0 Å². The lowest BCUT2D eigenvalue weighted by Gasteiger charge is -2.17. The van der Waals surface area contributed by atoms with Crippen molar-refractivity contribution in [3.8, 4) is 0 Å². The van der Waals surface area contributed by atoms with E-state index in [0.717, 1.165) is 38.5 Å². The summed E-state index contributed by atoms with van der Waals surface area (Å²) >= 11 is 0. The van der Waals surface area contributed by atoms with Gasteiger partial charge >= 0.3 is 5.97 Å². The topological polar surface area (TPSA) is 26.3 Å². The van der Waals surface area contributed by atoms with E-state index in [4.69, 9.17) is 4.74 Å². The van der Waals surface area contributed by atoms with Crippen molar-refractivity contribution in [2.75, 3.05) is 0 Å². The van der Waals surface area contributed by atoms with Gasteiger partial charge in [0.25, 0.3) is 0 Å². The van der Waals surface area contributed by atoms with Crippen LogP contribution in [0.2, 0.25) is 0 Å². The fraction of sp³-hybridized carbons (Fsp3) is 0.632. The van der Waals surface area contributed by atoms with Crippen molar-refractivity contribution in [3.05, 3.63) is 37.5 Å². The maximum Gasteiger partial charge on any atom is 0.334 e. The number of hydrogen-bond acceptors (Lipinski definition) is 2. The first-order chi connectivity index (χ1) is 10.2. The van der Waals surface area contributed by atoms with Crippen molar-refractivity contribution >= 4 is 5.97 Å². The Hall–Kier alpha value is -1.31. The Kier molecular flexibility index (Phi) is 8.80. The molecule has 1 fully saturated rings. The molecule has 0 aromatic carbocycles. The van der Waals surface area contributed by atoms with Crippen LogP contribution in [0.15, 0.2) is 37.5 Å². The summed E-state index contributed by atoms with van der Waals surface area (Å²) in [5.41, 5.74) is 0.685. The summed E-state index contributed by atoms with van der Waals surface area (Å²) in [6.45, 7) is 11.4. The Labute approximate surface area is 130 Å². The van der Waals surface area contributed by atoms with E-state index < -0.39 is 0 Å². The highest BCUT2D eigenvalue weighted by Gasteiger charge is 2.37. The molecule has 0 aromatic rings. The van der Waals surface area contributed by atoms with Gasteiger partial charge in [-0.05, 0) is 38.5 Å². The lowest BCUT2D eigenvalue weighted by molar-refractivity contribution is -0.139. The Morgan fingerprint density at radius 3 is 2.24 bits per heavy atom. The molecule has 0 saturated carbocycles. The van der Waals surface area contributed by atoms with Crippen LogP contribution >= 0.6 is 0 Å². The molecule has 2 nitrogen and oxygen atoms in total. The molecular weight excluding hydrogens is 260 g/mol. The van der Waals surface area contributed by atoms with Crippen LogP contribution in [0.5, 0.6) is 0 Å². The van der Waals surface area contributed by atoms with Crippen molar-refractivity contribution < 1.29 is 9.53 Å². The number of unbranched alkanes of at least 4 members (excludes halogenated alkanes) is 6. The summed E-state index contributed by atoms with van der Waals surface area (Å²) in [4.78, 5) is 11.7. The fourth-order valence-electron chi connectivity index (χ4n) is 2.94. The van der Waals surface area contributed by atoms with Gasteiger partial charge in [0.1, 0.15) is 6.10 Å². The van der Waals surface area contributed by atoms with E-state index in [2.05, 4.69) is 19.7 Å². The van der Waals surface area contributed by atoms with Crippen LogP contribution in [-0.4, -0.2) is 12.1 Å². The van der Waals surface area contributed by atoms with Crippen molar-refractivity contribution in [3.63, 3.8) is 0 Å². The number of rotatable bonds is 12. The first kappa shape index (κ1) is 17.7. The van der Waals surface area contributed by atoms with Crippen molar-refractivity contribution in [1.29, 1.82) is 0 Å². The zero-order valence-electron chi connectivity index (χ0n) is 13.3. The minimum Gasteiger partial charge on any atom is -0.458 e. The lowest BCUT2D eigenvalue weighted by Crippen LogP contribution is -2.16. The van der Waals surface area contributed by atoms with Crippen molar-refractivity contribution in [1.82, 2.24) is 0 Å². The van der Waals surface area contributed by atoms with Gasteiger partial charge in [0.2, 0.25) is 0 Å². The summed E-state index contributed by atoms with van der Waals surface area (Å²) in [5.74, 6) is 0.0464. The SMILES string of the molecule is C=CCCCCCCC[C@@H]1C(=C)C(=O)O[C@H]1CCCC=C. The molecule has 0 spiro atoms. The monoisotopic (exact) mass is 290 g/mol. The van der Waals surface area contributed by atoms with E-state index in [0.29, 0.717) is 5.57 Å². The van der Waals surface area contributed by atoms with Gasteiger partial charge in [-0.2, -0.15) is 0 Å². The highest BCUT2D eigenvalue weighted by Crippen LogP contribution is 2.33. The maximum absolute atomic E-state index is 11.7. The molecule has 118 valence electrons. The smallest absolute Gasteiger partial charge is 0.334 e. The van der Waals surface area contributed by atoms with E-state index in [1.54, 1.807) is 0 Å². The number of esters is 1. The molecule has 0 aliphatic carbocycles. The number of ether oxygens (including phenoxy) is 1. The normalized spacial score (nSPS) is 21.3. The standard InChI is InChI=1S/C19H30O2/c1-4-6-8-9-10-11-13-14-17-16(3)19(20)21-18(17)15-12-7-5-2/h4-5,17-18H,1-3,6-15H2/t17-,18+/m1/s1. The van der Waals surface area contributed by atoms with Gasteiger partial charge in [0.15, 0.2) is 0 Å². The maximum atomic E-state index is 11.7. The second kappa shape index (κ2) is 10.4. The van der Waals surface area contributed by atoms with Gasteiger partial charge in [-0.1, -0.05) is 44.4 Å². The average molecular weight is 290 g/mol. The fourth-order valence-corrected chi connectivity index (χ4v) is 2.94. The van der Waals surface area contributed by atoms with Crippen molar-refractivity contribution in [2.24, 2.45) is 5.92 Å². The summed E-state index contributed by atoms with van der Waals surface area (Å²) in [7, 11) is 0. The predicted octanol–water partition coefficient (Wildman–Crippen LogP) is 5.36.